The zero-order valence-corrected chi connectivity index (χ0v) is 12.5. The van der Waals surface area contributed by atoms with Crippen LogP contribution in [0.4, 0.5) is 0 Å². The Morgan fingerprint density at radius 1 is 1.29 bits per heavy atom. The molecular formula is C13H17IO3. The molecule has 0 atom stereocenters. The fourth-order valence-corrected chi connectivity index (χ4v) is 2.28. The van der Waals surface area contributed by atoms with Crippen LogP contribution in [0.1, 0.15) is 25.7 Å². The summed E-state index contributed by atoms with van der Waals surface area (Å²) in [7, 11) is 1.67. The van der Waals surface area contributed by atoms with Crippen LogP contribution in [-0.4, -0.2) is 20.3 Å². The Balaban J connectivity index is 2.20. The molecule has 1 saturated heterocycles. The van der Waals surface area contributed by atoms with Crippen molar-refractivity contribution in [3.63, 3.8) is 0 Å². The molecule has 3 nitrogen and oxygen atoms in total. The summed E-state index contributed by atoms with van der Waals surface area (Å²) in [4.78, 5) is 0. The number of rotatable bonds is 2. The largest absolute Gasteiger partial charge is 0.496 e. The van der Waals surface area contributed by atoms with E-state index in [2.05, 4.69) is 36.4 Å². The monoisotopic (exact) mass is 348 g/mol. The Morgan fingerprint density at radius 3 is 2.53 bits per heavy atom. The van der Waals surface area contributed by atoms with Gasteiger partial charge in [0, 0.05) is 8.99 Å². The highest BCUT2D eigenvalue weighted by Gasteiger charge is 2.30. The zero-order chi connectivity index (χ0) is 12.5. The quantitative estimate of drug-likeness (QED) is 0.767. The normalized spacial score (nSPS) is 20.2. The molecule has 0 spiro atoms. The summed E-state index contributed by atoms with van der Waals surface area (Å²) in [5.41, 5.74) is 1.06. The van der Waals surface area contributed by atoms with Crippen molar-refractivity contribution in [1.82, 2.24) is 0 Å². The second-order valence-electron chi connectivity index (χ2n) is 5.00. The summed E-state index contributed by atoms with van der Waals surface area (Å²) in [5, 5.41) is 0. The highest BCUT2D eigenvalue weighted by atomic mass is 127. The zero-order valence-electron chi connectivity index (χ0n) is 10.3. The molecule has 94 valence electrons. The van der Waals surface area contributed by atoms with E-state index in [0.29, 0.717) is 13.2 Å². The molecule has 1 aromatic carbocycles. The lowest BCUT2D eigenvalue weighted by molar-refractivity contribution is -0.226. The molecule has 4 heteroatoms. The third-order valence-electron chi connectivity index (χ3n) is 2.70. The van der Waals surface area contributed by atoms with Crippen molar-refractivity contribution in [3.8, 4) is 5.75 Å². The van der Waals surface area contributed by atoms with E-state index in [1.165, 1.54) is 0 Å². The minimum absolute atomic E-state index is 0.0890. The molecule has 0 N–H and O–H groups in total. The van der Waals surface area contributed by atoms with Gasteiger partial charge in [-0.15, -0.1) is 0 Å². The van der Waals surface area contributed by atoms with Gasteiger partial charge in [-0.1, -0.05) is 13.8 Å². The predicted molar refractivity (Wildman–Crippen MR) is 74.1 cm³/mol. The maximum absolute atomic E-state index is 5.77. The number of benzene rings is 1. The van der Waals surface area contributed by atoms with Gasteiger partial charge in [-0.2, -0.15) is 0 Å². The van der Waals surface area contributed by atoms with Gasteiger partial charge in [0.05, 0.1) is 25.9 Å². The molecule has 0 amide bonds. The second kappa shape index (κ2) is 5.12. The van der Waals surface area contributed by atoms with Crippen molar-refractivity contribution in [1.29, 1.82) is 0 Å². The van der Waals surface area contributed by atoms with E-state index in [0.717, 1.165) is 14.9 Å². The predicted octanol–water partition coefficient (Wildman–Crippen LogP) is 3.37. The van der Waals surface area contributed by atoms with Crippen molar-refractivity contribution < 1.29 is 14.2 Å². The molecular weight excluding hydrogens is 331 g/mol. The summed E-state index contributed by atoms with van der Waals surface area (Å²) in [5.74, 6) is 0.815. The lowest BCUT2D eigenvalue weighted by Crippen LogP contribution is -2.33. The van der Waals surface area contributed by atoms with Crippen molar-refractivity contribution in [3.05, 3.63) is 27.3 Å². The van der Waals surface area contributed by atoms with Crippen LogP contribution in [0.3, 0.4) is 0 Å². The van der Waals surface area contributed by atoms with Crippen LogP contribution in [0, 0.1) is 8.99 Å². The standard InChI is InChI=1S/C13H17IO3/c1-13(2)7-16-12(17-8-13)10-6-9(14)4-5-11(10)15-3/h4-6,12H,7-8H2,1-3H3. The Labute approximate surface area is 116 Å². The summed E-state index contributed by atoms with van der Waals surface area (Å²) in [6.07, 6.45) is -0.312. The molecule has 0 unspecified atom stereocenters. The van der Waals surface area contributed by atoms with Crippen molar-refractivity contribution >= 4 is 22.6 Å². The molecule has 2 rings (SSSR count). The van der Waals surface area contributed by atoms with Gasteiger partial charge in [0.15, 0.2) is 6.29 Å². The van der Waals surface area contributed by atoms with Crippen LogP contribution in [0.25, 0.3) is 0 Å². The molecule has 17 heavy (non-hydrogen) atoms. The van der Waals surface area contributed by atoms with Crippen molar-refractivity contribution in [2.24, 2.45) is 5.41 Å². The Bertz CT molecular complexity index is 394. The number of methoxy groups -OCH3 is 1. The van der Waals surface area contributed by atoms with Gasteiger partial charge in [0.2, 0.25) is 0 Å². The lowest BCUT2D eigenvalue weighted by Gasteiger charge is -2.35. The van der Waals surface area contributed by atoms with Crippen LogP contribution in [0.2, 0.25) is 0 Å². The van der Waals surface area contributed by atoms with Crippen LogP contribution in [0.15, 0.2) is 18.2 Å². The second-order valence-corrected chi connectivity index (χ2v) is 6.25. The van der Waals surface area contributed by atoms with E-state index in [1.54, 1.807) is 7.11 Å². The molecule has 0 saturated carbocycles. The molecule has 0 radical (unpaired) electrons. The molecule has 0 aromatic heterocycles. The number of hydrogen-bond acceptors (Lipinski definition) is 3. The van der Waals surface area contributed by atoms with Gasteiger partial charge < -0.3 is 14.2 Å². The number of ether oxygens (including phenoxy) is 3. The molecule has 0 bridgehead atoms. The van der Waals surface area contributed by atoms with E-state index in [1.807, 2.05) is 18.2 Å². The fourth-order valence-electron chi connectivity index (χ4n) is 1.76. The molecule has 1 aliphatic rings. The fraction of sp³-hybridized carbons (Fsp3) is 0.538. The number of halogens is 1. The average Bonchev–Trinajstić information content (AvgIpc) is 2.29. The summed E-state index contributed by atoms with van der Waals surface area (Å²) < 4.78 is 18.0. The topological polar surface area (TPSA) is 27.7 Å². The van der Waals surface area contributed by atoms with Crippen LogP contribution >= 0.6 is 22.6 Å². The van der Waals surface area contributed by atoms with E-state index >= 15 is 0 Å². The van der Waals surface area contributed by atoms with Crippen LogP contribution in [-0.2, 0) is 9.47 Å². The van der Waals surface area contributed by atoms with E-state index in [-0.39, 0.29) is 11.7 Å². The van der Waals surface area contributed by atoms with E-state index in [4.69, 9.17) is 14.2 Å². The van der Waals surface area contributed by atoms with Crippen molar-refractivity contribution in [2.75, 3.05) is 20.3 Å². The van der Waals surface area contributed by atoms with Gasteiger partial charge >= 0.3 is 0 Å². The minimum atomic E-state index is -0.312. The van der Waals surface area contributed by atoms with Gasteiger partial charge in [-0.25, -0.2) is 0 Å². The Hall–Kier alpha value is -0.330. The summed E-state index contributed by atoms with van der Waals surface area (Å²) >= 11 is 2.27. The molecule has 0 aliphatic carbocycles. The van der Waals surface area contributed by atoms with Crippen LogP contribution in [0.5, 0.6) is 5.75 Å². The van der Waals surface area contributed by atoms with Gasteiger partial charge in [0.1, 0.15) is 5.75 Å². The SMILES string of the molecule is COc1ccc(I)cc1C1OCC(C)(C)CO1. The molecule has 1 aromatic rings. The van der Waals surface area contributed by atoms with Gasteiger partial charge in [0.25, 0.3) is 0 Å². The van der Waals surface area contributed by atoms with Crippen LogP contribution < -0.4 is 4.74 Å². The highest BCUT2D eigenvalue weighted by Crippen LogP contribution is 2.35. The maximum atomic E-state index is 5.77. The first-order valence-electron chi connectivity index (χ1n) is 5.58. The first-order valence-corrected chi connectivity index (χ1v) is 6.66. The maximum Gasteiger partial charge on any atom is 0.187 e. The van der Waals surface area contributed by atoms with E-state index in [9.17, 15) is 0 Å². The Morgan fingerprint density at radius 2 is 1.94 bits per heavy atom. The summed E-state index contributed by atoms with van der Waals surface area (Å²) in [6, 6.07) is 6.00. The minimum Gasteiger partial charge on any atom is -0.496 e. The van der Waals surface area contributed by atoms with E-state index < -0.39 is 0 Å². The third-order valence-corrected chi connectivity index (χ3v) is 3.37. The number of hydrogen-bond donors (Lipinski definition) is 0. The first-order chi connectivity index (χ1) is 8.02. The van der Waals surface area contributed by atoms with Gasteiger partial charge in [-0.3, -0.25) is 0 Å². The Kier molecular flexibility index (Phi) is 3.95. The molecule has 1 fully saturated rings. The molecule has 1 aliphatic heterocycles. The molecule has 1 heterocycles. The third kappa shape index (κ3) is 3.11. The highest BCUT2D eigenvalue weighted by molar-refractivity contribution is 14.1. The lowest BCUT2D eigenvalue weighted by atomic mass is 9.95. The van der Waals surface area contributed by atoms with Crippen molar-refractivity contribution in [2.45, 2.75) is 20.1 Å². The summed E-state index contributed by atoms with van der Waals surface area (Å²) in [6.45, 7) is 5.67. The smallest absolute Gasteiger partial charge is 0.187 e. The van der Waals surface area contributed by atoms with Gasteiger partial charge in [-0.05, 0) is 40.8 Å². The average molecular weight is 348 g/mol. The first kappa shape index (κ1) is 13.1.